The van der Waals surface area contributed by atoms with Gasteiger partial charge in [0.1, 0.15) is 18.0 Å². The van der Waals surface area contributed by atoms with E-state index >= 15 is 0 Å². The van der Waals surface area contributed by atoms with Gasteiger partial charge in [0.05, 0.1) is 0 Å². The molecule has 0 aliphatic carbocycles. The quantitative estimate of drug-likeness (QED) is 0.469. The van der Waals surface area contributed by atoms with E-state index in [-0.39, 0.29) is 31.8 Å². The van der Waals surface area contributed by atoms with Crippen molar-refractivity contribution >= 4 is 12.1 Å². The van der Waals surface area contributed by atoms with Gasteiger partial charge >= 0.3 is 12.1 Å². The van der Waals surface area contributed by atoms with Gasteiger partial charge in [0.2, 0.25) is 0 Å². The maximum atomic E-state index is 12.9. The Morgan fingerprint density at radius 1 is 1.13 bits per heavy atom. The van der Waals surface area contributed by atoms with Gasteiger partial charge in [0, 0.05) is 6.42 Å². The van der Waals surface area contributed by atoms with Crippen LogP contribution in [0.1, 0.15) is 38.3 Å². The standard InChI is InChI=1S/C25H29NO5/c1-5-15-25(16-19-11-13-21(14-12-19)31-24(2,3)4)22(27)30-18-26(25)23(28)29-17-20-9-7-6-8-10-20/h5-14H,1,15-18H2,2-4H3. The first-order valence-corrected chi connectivity index (χ1v) is 10.3. The van der Waals surface area contributed by atoms with E-state index in [9.17, 15) is 9.59 Å². The predicted octanol–water partition coefficient (Wildman–Crippen LogP) is 4.87. The molecule has 0 aromatic heterocycles. The fourth-order valence-electron chi connectivity index (χ4n) is 3.55. The average Bonchev–Trinajstić information content (AvgIpc) is 3.03. The van der Waals surface area contributed by atoms with E-state index in [0.29, 0.717) is 0 Å². The van der Waals surface area contributed by atoms with Gasteiger partial charge in [-0.25, -0.2) is 9.59 Å². The normalized spacial score (nSPS) is 18.4. The van der Waals surface area contributed by atoms with Crippen molar-refractivity contribution in [3.63, 3.8) is 0 Å². The van der Waals surface area contributed by atoms with Crippen LogP contribution in [0.5, 0.6) is 5.75 Å². The Kier molecular flexibility index (Phi) is 6.68. The van der Waals surface area contributed by atoms with Crippen LogP contribution in [-0.4, -0.2) is 34.8 Å². The van der Waals surface area contributed by atoms with Crippen LogP contribution < -0.4 is 4.74 Å². The molecule has 1 unspecified atom stereocenters. The number of carbonyl (C=O) groups is 2. The van der Waals surface area contributed by atoms with Crippen LogP contribution in [0.3, 0.4) is 0 Å². The zero-order valence-electron chi connectivity index (χ0n) is 18.3. The van der Waals surface area contributed by atoms with Gasteiger partial charge in [0.25, 0.3) is 0 Å². The lowest BCUT2D eigenvalue weighted by Gasteiger charge is -2.32. The summed E-state index contributed by atoms with van der Waals surface area (Å²) in [6.07, 6.45) is 1.58. The van der Waals surface area contributed by atoms with E-state index in [0.717, 1.165) is 16.9 Å². The van der Waals surface area contributed by atoms with Crippen molar-refractivity contribution in [3.05, 3.63) is 78.4 Å². The molecule has 0 spiro atoms. The number of amides is 1. The molecule has 1 fully saturated rings. The minimum Gasteiger partial charge on any atom is -0.488 e. The summed E-state index contributed by atoms with van der Waals surface area (Å²) >= 11 is 0. The zero-order chi connectivity index (χ0) is 22.5. The third-order valence-electron chi connectivity index (χ3n) is 4.97. The fourth-order valence-corrected chi connectivity index (χ4v) is 3.55. The minimum atomic E-state index is -1.19. The summed E-state index contributed by atoms with van der Waals surface area (Å²) in [4.78, 5) is 27.0. The third kappa shape index (κ3) is 5.45. The third-order valence-corrected chi connectivity index (χ3v) is 4.97. The summed E-state index contributed by atoms with van der Waals surface area (Å²) in [5.41, 5.74) is 0.246. The van der Waals surface area contributed by atoms with E-state index in [2.05, 4.69) is 6.58 Å². The molecule has 1 heterocycles. The average molecular weight is 424 g/mol. The number of benzene rings is 2. The van der Waals surface area contributed by atoms with Gasteiger partial charge in [-0.15, -0.1) is 6.58 Å². The molecule has 1 aliphatic rings. The number of rotatable bonds is 7. The molecule has 164 valence electrons. The monoisotopic (exact) mass is 423 g/mol. The highest BCUT2D eigenvalue weighted by molar-refractivity contribution is 5.88. The van der Waals surface area contributed by atoms with Crippen LogP contribution >= 0.6 is 0 Å². The Morgan fingerprint density at radius 3 is 2.42 bits per heavy atom. The van der Waals surface area contributed by atoms with E-state index in [1.165, 1.54) is 4.90 Å². The van der Waals surface area contributed by atoms with Crippen molar-refractivity contribution in [2.75, 3.05) is 6.73 Å². The second-order valence-corrected chi connectivity index (χ2v) is 8.59. The van der Waals surface area contributed by atoms with E-state index in [1.54, 1.807) is 6.08 Å². The maximum absolute atomic E-state index is 12.9. The summed E-state index contributed by atoms with van der Waals surface area (Å²) in [6.45, 7) is 9.69. The van der Waals surface area contributed by atoms with Crippen LogP contribution in [0.2, 0.25) is 0 Å². The lowest BCUT2D eigenvalue weighted by molar-refractivity contribution is -0.142. The van der Waals surface area contributed by atoms with E-state index < -0.39 is 17.6 Å². The van der Waals surface area contributed by atoms with Gasteiger partial charge in [0.15, 0.2) is 12.3 Å². The Labute approximate surface area is 183 Å². The van der Waals surface area contributed by atoms with Gasteiger partial charge < -0.3 is 14.2 Å². The molecule has 1 aliphatic heterocycles. The zero-order valence-corrected chi connectivity index (χ0v) is 18.3. The van der Waals surface area contributed by atoms with Crippen LogP contribution in [-0.2, 0) is 27.3 Å². The number of carbonyl (C=O) groups excluding carboxylic acids is 2. The fraction of sp³-hybridized carbons (Fsp3) is 0.360. The van der Waals surface area contributed by atoms with Gasteiger partial charge in [-0.05, 0) is 50.5 Å². The molecule has 0 saturated carbocycles. The maximum Gasteiger partial charge on any atom is 0.413 e. The molecule has 1 atom stereocenters. The second-order valence-electron chi connectivity index (χ2n) is 8.59. The predicted molar refractivity (Wildman–Crippen MR) is 117 cm³/mol. The molecular weight excluding hydrogens is 394 g/mol. The SMILES string of the molecule is C=CCC1(Cc2ccc(OC(C)(C)C)cc2)C(=O)OCN1C(=O)OCc1ccccc1. The van der Waals surface area contributed by atoms with Crippen molar-refractivity contribution in [1.29, 1.82) is 0 Å². The molecule has 31 heavy (non-hydrogen) atoms. The molecule has 6 heteroatoms. The molecule has 3 rings (SSSR count). The summed E-state index contributed by atoms with van der Waals surface area (Å²) in [5.74, 6) is 0.279. The number of hydrogen-bond acceptors (Lipinski definition) is 5. The molecule has 0 N–H and O–H groups in total. The van der Waals surface area contributed by atoms with Gasteiger partial charge in [-0.3, -0.25) is 4.90 Å². The number of hydrogen-bond donors (Lipinski definition) is 0. The molecule has 6 nitrogen and oxygen atoms in total. The first kappa shape index (κ1) is 22.4. The Balaban J connectivity index is 1.78. The molecule has 0 bridgehead atoms. The Bertz CT molecular complexity index is 917. The first-order valence-electron chi connectivity index (χ1n) is 10.3. The van der Waals surface area contributed by atoms with E-state index in [4.69, 9.17) is 14.2 Å². The van der Waals surface area contributed by atoms with Crippen molar-refractivity contribution in [2.24, 2.45) is 0 Å². The van der Waals surface area contributed by atoms with Gasteiger partial charge in [-0.1, -0.05) is 48.5 Å². The Hall–Kier alpha value is -3.28. The summed E-state index contributed by atoms with van der Waals surface area (Å²) < 4.78 is 16.6. The van der Waals surface area contributed by atoms with Crippen LogP contribution in [0, 0.1) is 0 Å². The largest absolute Gasteiger partial charge is 0.488 e. The molecule has 2 aromatic carbocycles. The molecule has 2 aromatic rings. The number of esters is 1. The highest BCUT2D eigenvalue weighted by Gasteiger charge is 2.53. The molecule has 1 amide bonds. The van der Waals surface area contributed by atoms with Crippen molar-refractivity contribution in [1.82, 2.24) is 4.90 Å². The number of cyclic esters (lactones) is 1. The molecule has 1 saturated heterocycles. The lowest BCUT2D eigenvalue weighted by Crippen LogP contribution is -2.52. The van der Waals surface area contributed by atoms with Gasteiger partial charge in [-0.2, -0.15) is 0 Å². The smallest absolute Gasteiger partial charge is 0.413 e. The summed E-state index contributed by atoms with van der Waals surface area (Å²) in [6, 6.07) is 16.9. The molecular formula is C25H29NO5. The van der Waals surface area contributed by atoms with Crippen molar-refractivity contribution in [2.45, 2.75) is 51.4 Å². The van der Waals surface area contributed by atoms with E-state index in [1.807, 2.05) is 75.4 Å². The van der Waals surface area contributed by atoms with Crippen molar-refractivity contribution in [3.8, 4) is 5.75 Å². The number of nitrogens with zero attached hydrogens (tertiary/aromatic N) is 1. The summed E-state index contributed by atoms with van der Waals surface area (Å²) in [7, 11) is 0. The van der Waals surface area contributed by atoms with Crippen molar-refractivity contribution < 1.29 is 23.8 Å². The van der Waals surface area contributed by atoms with Crippen LogP contribution in [0.4, 0.5) is 4.79 Å². The lowest BCUT2D eigenvalue weighted by atomic mass is 9.86. The second kappa shape index (κ2) is 9.25. The minimum absolute atomic E-state index is 0.118. The topological polar surface area (TPSA) is 65.1 Å². The molecule has 0 radical (unpaired) electrons. The van der Waals surface area contributed by atoms with Crippen LogP contribution in [0.25, 0.3) is 0 Å². The first-order chi connectivity index (χ1) is 14.7. The highest BCUT2D eigenvalue weighted by atomic mass is 16.6. The number of ether oxygens (including phenoxy) is 3. The summed E-state index contributed by atoms with van der Waals surface area (Å²) in [5, 5.41) is 0. The highest BCUT2D eigenvalue weighted by Crippen LogP contribution is 2.33. The Morgan fingerprint density at radius 2 is 1.81 bits per heavy atom. The van der Waals surface area contributed by atoms with Crippen LogP contribution in [0.15, 0.2) is 67.3 Å².